The maximum absolute atomic E-state index is 11.4. The molecule has 0 spiro atoms. The molecule has 4 nitrogen and oxygen atoms in total. The van der Waals surface area contributed by atoms with Crippen LogP contribution in [0.2, 0.25) is 0 Å². The number of carbonyl (C=O) groups is 1. The Morgan fingerprint density at radius 2 is 1.94 bits per heavy atom. The van der Waals surface area contributed by atoms with E-state index < -0.39 is 0 Å². The molecule has 1 N–H and O–H groups in total. The van der Waals surface area contributed by atoms with Crippen molar-refractivity contribution in [3.63, 3.8) is 0 Å². The fourth-order valence-corrected chi connectivity index (χ4v) is 1.73. The standard InChI is InChI=1S/C13H17NO3/c1-2-3-12(15)14-11-6-4-10(5-7-11)13-16-8-9-17-13/h4-7,13H,2-3,8-9H2,1H3,(H,14,15). The van der Waals surface area contributed by atoms with E-state index in [2.05, 4.69) is 5.32 Å². The topological polar surface area (TPSA) is 47.6 Å². The Morgan fingerprint density at radius 3 is 2.53 bits per heavy atom. The van der Waals surface area contributed by atoms with E-state index in [1.54, 1.807) is 0 Å². The number of anilines is 1. The molecule has 0 atom stereocenters. The minimum absolute atomic E-state index is 0.0496. The van der Waals surface area contributed by atoms with E-state index in [4.69, 9.17) is 9.47 Å². The van der Waals surface area contributed by atoms with Gasteiger partial charge in [-0.05, 0) is 18.6 Å². The van der Waals surface area contributed by atoms with Crippen molar-refractivity contribution in [3.05, 3.63) is 29.8 Å². The van der Waals surface area contributed by atoms with E-state index in [-0.39, 0.29) is 12.2 Å². The molecule has 1 heterocycles. The molecule has 0 unspecified atom stereocenters. The molecule has 1 fully saturated rings. The molecular formula is C13H17NO3. The number of rotatable bonds is 4. The van der Waals surface area contributed by atoms with Gasteiger partial charge in [0, 0.05) is 17.7 Å². The lowest BCUT2D eigenvalue weighted by Gasteiger charge is -2.10. The molecule has 0 aliphatic carbocycles. The van der Waals surface area contributed by atoms with Gasteiger partial charge in [-0.1, -0.05) is 19.1 Å². The number of hydrogen-bond donors (Lipinski definition) is 1. The van der Waals surface area contributed by atoms with Crippen LogP contribution in [-0.2, 0) is 14.3 Å². The zero-order valence-corrected chi connectivity index (χ0v) is 9.94. The van der Waals surface area contributed by atoms with E-state index in [9.17, 15) is 4.79 Å². The van der Waals surface area contributed by atoms with Crippen molar-refractivity contribution in [2.75, 3.05) is 18.5 Å². The second-order valence-corrected chi connectivity index (χ2v) is 3.99. The summed E-state index contributed by atoms with van der Waals surface area (Å²) in [4.78, 5) is 11.4. The fraction of sp³-hybridized carbons (Fsp3) is 0.462. The van der Waals surface area contributed by atoms with Crippen LogP contribution in [0.5, 0.6) is 0 Å². The highest BCUT2D eigenvalue weighted by atomic mass is 16.7. The summed E-state index contributed by atoms with van der Waals surface area (Å²) in [5, 5.41) is 2.84. The van der Waals surface area contributed by atoms with Crippen molar-refractivity contribution in [1.82, 2.24) is 0 Å². The Kier molecular flexibility index (Phi) is 4.12. The zero-order chi connectivity index (χ0) is 12.1. The molecule has 4 heteroatoms. The second kappa shape index (κ2) is 5.80. The summed E-state index contributed by atoms with van der Waals surface area (Å²) < 4.78 is 10.8. The molecule has 1 aromatic rings. The molecule has 1 saturated heterocycles. The maximum Gasteiger partial charge on any atom is 0.224 e. The molecule has 0 bridgehead atoms. The van der Waals surface area contributed by atoms with Gasteiger partial charge in [-0.15, -0.1) is 0 Å². The highest BCUT2D eigenvalue weighted by molar-refractivity contribution is 5.90. The van der Waals surface area contributed by atoms with Crippen LogP contribution in [0.3, 0.4) is 0 Å². The van der Waals surface area contributed by atoms with Crippen molar-refractivity contribution < 1.29 is 14.3 Å². The van der Waals surface area contributed by atoms with Gasteiger partial charge < -0.3 is 14.8 Å². The van der Waals surface area contributed by atoms with Crippen LogP contribution < -0.4 is 5.32 Å². The highest BCUT2D eigenvalue weighted by Gasteiger charge is 2.17. The van der Waals surface area contributed by atoms with Crippen LogP contribution in [0.25, 0.3) is 0 Å². The minimum atomic E-state index is -0.254. The molecule has 1 amide bonds. The summed E-state index contributed by atoms with van der Waals surface area (Å²) in [6.07, 6.45) is 1.15. The number of benzene rings is 1. The van der Waals surface area contributed by atoms with Gasteiger partial charge in [-0.25, -0.2) is 0 Å². The van der Waals surface area contributed by atoms with Crippen molar-refractivity contribution >= 4 is 11.6 Å². The summed E-state index contributed by atoms with van der Waals surface area (Å²) in [5.41, 5.74) is 1.79. The lowest BCUT2D eigenvalue weighted by molar-refractivity contribution is -0.116. The van der Waals surface area contributed by atoms with Crippen LogP contribution in [0, 0.1) is 0 Å². The Labute approximate surface area is 101 Å². The van der Waals surface area contributed by atoms with Crippen LogP contribution in [0.1, 0.15) is 31.6 Å². The van der Waals surface area contributed by atoms with Gasteiger partial charge >= 0.3 is 0 Å². The number of ether oxygens (including phenoxy) is 2. The SMILES string of the molecule is CCCC(=O)Nc1ccc(C2OCCO2)cc1. The van der Waals surface area contributed by atoms with E-state index in [1.807, 2.05) is 31.2 Å². The highest BCUT2D eigenvalue weighted by Crippen LogP contribution is 2.24. The van der Waals surface area contributed by atoms with Gasteiger partial charge in [-0.2, -0.15) is 0 Å². The first kappa shape index (κ1) is 12.1. The van der Waals surface area contributed by atoms with Crippen molar-refractivity contribution in [2.24, 2.45) is 0 Å². The summed E-state index contributed by atoms with van der Waals surface area (Å²) in [6.45, 7) is 3.26. The maximum atomic E-state index is 11.4. The molecule has 92 valence electrons. The van der Waals surface area contributed by atoms with Crippen molar-refractivity contribution in [2.45, 2.75) is 26.1 Å². The van der Waals surface area contributed by atoms with Crippen molar-refractivity contribution in [3.8, 4) is 0 Å². The number of hydrogen-bond acceptors (Lipinski definition) is 3. The van der Waals surface area contributed by atoms with Crippen molar-refractivity contribution in [1.29, 1.82) is 0 Å². The predicted molar refractivity (Wildman–Crippen MR) is 64.6 cm³/mol. The predicted octanol–water partition coefficient (Wildman–Crippen LogP) is 2.47. The first-order valence-corrected chi connectivity index (χ1v) is 5.92. The van der Waals surface area contributed by atoms with Crippen LogP contribution in [-0.4, -0.2) is 19.1 Å². The van der Waals surface area contributed by atoms with E-state index in [0.717, 1.165) is 17.7 Å². The summed E-state index contributed by atoms with van der Waals surface area (Å²) in [7, 11) is 0. The second-order valence-electron chi connectivity index (χ2n) is 3.99. The first-order chi connectivity index (χ1) is 8.29. The average molecular weight is 235 g/mol. The summed E-state index contributed by atoms with van der Waals surface area (Å²) in [5.74, 6) is 0.0496. The van der Waals surface area contributed by atoms with Gasteiger partial charge in [0.15, 0.2) is 6.29 Å². The number of amides is 1. The number of nitrogens with one attached hydrogen (secondary N) is 1. The molecule has 2 rings (SSSR count). The molecule has 17 heavy (non-hydrogen) atoms. The fourth-order valence-electron chi connectivity index (χ4n) is 1.73. The monoisotopic (exact) mass is 235 g/mol. The molecule has 0 aromatic heterocycles. The molecule has 1 aromatic carbocycles. The Morgan fingerprint density at radius 1 is 1.29 bits per heavy atom. The third-order valence-corrected chi connectivity index (χ3v) is 2.57. The zero-order valence-electron chi connectivity index (χ0n) is 9.94. The third kappa shape index (κ3) is 3.28. The van der Waals surface area contributed by atoms with Crippen LogP contribution in [0.15, 0.2) is 24.3 Å². The lowest BCUT2D eigenvalue weighted by atomic mass is 10.2. The van der Waals surface area contributed by atoms with Gasteiger partial charge in [0.05, 0.1) is 13.2 Å². The Balaban J connectivity index is 1.95. The average Bonchev–Trinajstić information content (AvgIpc) is 2.84. The normalized spacial score (nSPS) is 16.1. The van der Waals surface area contributed by atoms with Gasteiger partial charge in [0.25, 0.3) is 0 Å². The third-order valence-electron chi connectivity index (χ3n) is 2.57. The molecule has 1 aliphatic rings. The van der Waals surface area contributed by atoms with Gasteiger partial charge in [0.2, 0.25) is 5.91 Å². The lowest BCUT2D eigenvalue weighted by Crippen LogP contribution is -2.10. The van der Waals surface area contributed by atoms with E-state index in [1.165, 1.54) is 0 Å². The quantitative estimate of drug-likeness (QED) is 0.872. The van der Waals surface area contributed by atoms with Crippen LogP contribution >= 0.6 is 0 Å². The molecular weight excluding hydrogens is 218 g/mol. The van der Waals surface area contributed by atoms with Crippen LogP contribution in [0.4, 0.5) is 5.69 Å². The van der Waals surface area contributed by atoms with E-state index in [0.29, 0.717) is 19.6 Å². The molecule has 1 aliphatic heterocycles. The smallest absolute Gasteiger partial charge is 0.224 e. The van der Waals surface area contributed by atoms with Gasteiger partial charge in [0.1, 0.15) is 0 Å². The molecule has 0 saturated carbocycles. The van der Waals surface area contributed by atoms with Gasteiger partial charge in [-0.3, -0.25) is 4.79 Å². The largest absolute Gasteiger partial charge is 0.346 e. The Hall–Kier alpha value is -1.39. The summed E-state index contributed by atoms with van der Waals surface area (Å²) >= 11 is 0. The summed E-state index contributed by atoms with van der Waals surface area (Å²) in [6, 6.07) is 7.57. The first-order valence-electron chi connectivity index (χ1n) is 5.92. The number of carbonyl (C=O) groups excluding carboxylic acids is 1. The Bertz CT molecular complexity index is 369. The molecule has 0 radical (unpaired) electrons. The minimum Gasteiger partial charge on any atom is -0.346 e. The van der Waals surface area contributed by atoms with E-state index >= 15 is 0 Å².